The maximum absolute atomic E-state index is 11.4. The summed E-state index contributed by atoms with van der Waals surface area (Å²) in [6.07, 6.45) is 2.26. The monoisotopic (exact) mass is 314 g/mol. The molecule has 1 aliphatic rings. The lowest BCUT2D eigenvalue weighted by atomic mass is 10.0. The first-order valence-electron chi connectivity index (χ1n) is 6.71. The average Bonchev–Trinajstić information content (AvgIpc) is 2.33. The Balaban J connectivity index is 2.02. The fraction of sp³-hybridized carbons (Fsp3) is 0.571. The summed E-state index contributed by atoms with van der Waals surface area (Å²) in [5.41, 5.74) is 0.825. The standard InChI is InChI=1S/C14H22N2O2S2/c1-14(2,16-20(3,17)18)10-15-12-8-9-19-13-7-5-4-6-11(12)13/h4-7,12,15-16H,8-10H2,1-3H3. The first-order valence-corrected chi connectivity index (χ1v) is 9.59. The summed E-state index contributed by atoms with van der Waals surface area (Å²) >= 11 is 1.88. The van der Waals surface area contributed by atoms with Crippen molar-refractivity contribution in [3.05, 3.63) is 29.8 Å². The lowest BCUT2D eigenvalue weighted by Crippen LogP contribution is -2.50. The van der Waals surface area contributed by atoms with E-state index < -0.39 is 15.6 Å². The molecule has 1 aromatic carbocycles. The van der Waals surface area contributed by atoms with Crippen molar-refractivity contribution < 1.29 is 8.42 Å². The molecule has 1 unspecified atom stereocenters. The quantitative estimate of drug-likeness (QED) is 0.874. The third kappa shape index (κ3) is 4.48. The Bertz CT molecular complexity index is 570. The van der Waals surface area contributed by atoms with Crippen molar-refractivity contribution in [3.8, 4) is 0 Å². The van der Waals surface area contributed by atoms with Crippen molar-refractivity contribution in [1.29, 1.82) is 0 Å². The highest BCUT2D eigenvalue weighted by Gasteiger charge is 2.25. The van der Waals surface area contributed by atoms with Crippen LogP contribution < -0.4 is 10.0 Å². The van der Waals surface area contributed by atoms with E-state index in [0.717, 1.165) is 12.2 Å². The van der Waals surface area contributed by atoms with Crippen molar-refractivity contribution in [2.24, 2.45) is 0 Å². The van der Waals surface area contributed by atoms with Gasteiger partial charge in [-0.15, -0.1) is 11.8 Å². The Kier molecular flexibility index (Phi) is 4.79. The first-order chi connectivity index (χ1) is 9.27. The predicted octanol–water partition coefficient (Wildman–Crippen LogP) is 2.14. The van der Waals surface area contributed by atoms with Crippen LogP contribution in [0.15, 0.2) is 29.2 Å². The summed E-state index contributed by atoms with van der Waals surface area (Å²) in [5.74, 6) is 1.09. The van der Waals surface area contributed by atoms with Crippen molar-refractivity contribution in [2.75, 3.05) is 18.6 Å². The minimum atomic E-state index is -3.19. The molecule has 112 valence electrons. The van der Waals surface area contributed by atoms with Gasteiger partial charge in [-0.25, -0.2) is 13.1 Å². The highest BCUT2D eigenvalue weighted by Crippen LogP contribution is 2.35. The number of rotatable bonds is 5. The maximum Gasteiger partial charge on any atom is 0.209 e. The van der Waals surface area contributed by atoms with Crippen molar-refractivity contribution in [3.63, 3.8) is 0 Å². The molecule has 1 atom stereocenters. The van der Waals surface area contributed by atoms with Gasteiger partial charge in [-0.3, -0.25) is 0 Å². The smallest absolute Gasteiger partial charge is 0.209 e. The van der Waals surface area contributed by atoms with Gasteiger partial charge in [0.15, 0.2) is 0 Å². The zero-order valence-corrected chi connectivity index (χ0v) is 13.8. The normalized spacial score (nSPS) is 19.6. The SMILES string of the molecule is CC(C)(CNC1CCSc2ccccc21)NS(C)(=O)=O. The summed E-state index contributed by atoms with van der Waals surface area (Å²) in [5, 5.41) is 3.50. The molecule has 0 aromatic heterocycles. The Morgan fingerprint density at radius 3 is 2.75 bits per heavy atom. The molecule has 0 saturated carbocycles. The Labute approximate surface area is 125 Å². The number of sulfonamides is 1. The van der Waals surface area contributed by atoms with Gasteiger partial charge < -0.3 is 5.32 Å². The number of nitrogens with one attached hydrogen (secondary N) is 2. The minimum absolute atomic E-state index is 0.299. The average molecular weight is 314 g/mol. The van der Waals surface area contributed by atoms with Crippen LogP contribution in [0.5, 0.6) is 0 Å². The molecule has 6 heteroatoms. The Morgan fingerprint density at radius 2 is 2.05 bits per heavy atom. The van der Waals surface area contributed by atoms with E-state index in [1.165, 1.54) is 16.7 Å². The highest BCUT2D eigenvalue weighted by atomic mass is 32.2. The largest absolute Gasteiger partial charge is 0.308 e. The van der Waals surface area contributed by atoms with E-state index in [1.54, 1.807) is 0 Å². The van der Waals surface area contributed by atoms with Crippen LogP contribution in [0.2, 0.25) is 0 Å². The molecule has 0 saturated heterocycles. The summed E-state index contributed by atoms with van der Waals surface area (Å²) in [6, 6.07) is 8.71. The molecule has 2 N–H and O–H groups in total. The van der Waals surface area contributed by atoms with E-state index in [0.29, 0.717) is 12.6 Å². The summed E-state index contributed by atoms with van der Waals surface area (Å²) < 4.78 is 25.4. The van der Waals surface area contributed by atoms with Crippen LogP contribution in [0.25, 0.3) is 0 Å². The van der Waals surface area contributed by atoms with Gasteiger partial charge in [-0.05, 0) is 37.7 Å². The van der Waals surface area contributed by atoms with E-state index in [1.807, 2.05) is 25.6 Å². The first kappa shape index (κ1) is 15.8. The van der Waals surface area contributed by atoms with Gasteiger partial charge >= 0.3 is 0 Å². The van der Waals surface area contributed by atoms with E-state index in [-0.39, 0.29) is 0 Å². The molecule has 0 radical (unpaired) electrons. The molecule has 0 aliphatic carbocycles. The number of thioether (sulfide) groups is 1. The van der Waals surface area contributed by atoms with Crippen molar-refractivity contribution in [2.45, 2.75) is 36.7 Å². The van der Waals surface area contributed by atoms with Gasteiger partial charge in [0.1, 0.15) is 0 Å². The Morgan fingerprint density at radius 1 is 1.35 bits per heavy atom. The molecule has 1 aliphatic heterocycles. The predicted molar refractivity (Wildman–Crippen MR) is 84.6 cm³/mol. The van der Waals surface area contributed by atoms with Crippen LogP contribution in [-0.2, 0) is 10.0 Å². The molecule has 1 heterocycles. The molecule has 0 bridgehead atoms. The van der Waals surface area contributed by atoms with Gasteiger partial charge in [-0.2, -0.15) is 0 Å². The maximum atomic E-state index is 11.4. The lowest BCUT2D eigenvalue weighted by Gasteiger charge is -2.31. The highest BCUT2D eigenvalue weighted by molar-refractivity contribution is 7.99. The zero-order chi connectivity index (χ0) is 14.8. The fourth-order valence-electron chi connectivity index (χ4n) is 2.47. The third-order valence-electron chi connectivity index (χ3n) is 3.21. The van der Waals surface area contributed by atoms with Crippen molar-refractivity contribution in [1.82, 2.24) is 10.0 Å². The molecule has 4 nitrogen and oxygen atoms in total. The molecule has 0 spiro atoms. The number of hydrogen-bond acceptors (Lipinski definition) is 4. The molecule has 2 rings (SSSR count). The minimum Gasteiger partial charge on any atom is -0.308 e. The van der Waals surface area contributed by atoms with E-state index in [2.05, 4.69) is 34.3 Å². The van der Waals surface area contributed by atoms with E-state index in [4.69, 9.17) is 0 Å². The van der Waals surface area contributed by atoms with Crippen LogP contribution in [0.3, 0.4) is 0 Å². The van der Waals surface area contributed by atoms with Crippen LogP contribution >= 0.6 is 11.8 Å². The number of benzene rings is 1. The van der Waals surface area contributed by atoms with Crippen LogP contribution in [-0.4, -0.2) is 32.5 Å². The topological polar surface area (TPSA) is 58.2 Å². The molecular weight excluding hydrogens is 292 g/mol. The van der Waals surface area contributed by atoms with Gasteiger partial charge in [0, 0.05) is 23.0 Å². The number of fused-ring (bicyclic) bond motifs is 1. The van der Waals surface area contributed by atoms with Crippen LogP contribution in [0.1, 0.15) is 31.9 Å². The van der Waals surface area contributed by atoms with Crippen LogP contribution in [0, 0.1) is 0 Å². The Hall–Kier alpha value is -0.560. The third-order valence-corrected chi connectivity index (χ3v) is 5.26. The molecule has 1 aromatic rings. The summed E-state index contributed by atoms with van der Waals surface area (Å²) in [7, 11) is -3.19. The second-order valence-electron chi connectivity index (χ2n) is 5.87. The van der Waals surface area contributed by atoms with Gasteiger partial charge in [0.2, 0.25) is 10.0 Å². The molecule has 0 amide bonds. The fourth-order valence-corrected chi connectivity index (χ4v) is 4.67. The summed E-state index contributed by atoms with van der Waals surface area (Å²) in [6.45, 7) is 4.39. The second kappa shape index (κ2) is 6.05. The molecule has 20 heavy (non-hydrogen) atoms. The lowest BCUT2D eigenvalue weighted by molar-refractivity contribution is 0.384. The van der Waals surface area contributed by atoms with Crippen molar-refractivity contribution >= 4 is 21.8 Å². The van der Waals surface area contributed by atoms with Gasteiger partial charge in [0.05, 0.1) is 6.26 Å². The van der Waals surface area contributed by atoms with Gasteiger partial charge in [-0.1, -0.05) is 18.2 Å². The molecular formula is C14H22N2O2S2. The van der Waals surface area contributed by atoms with Gasteiger partial charge in [0.25, 0.3) is 0 Å². The van der Waals surface area contributed by atoms with E-state index in [9.17, 15) is 8.42 Å². The number of hydrogen-bond donors (Lipinski definition) is 2. The van der Waals surface area contributed by atoms with Crippen LogP contribution in [0.4, 0.5) is 0 Å². The zero-order valence-electron chi connectivity index (χ0n) is 12.1. The second-order valence-corrected chi connectivity index (χ2v) is 8.75. The molecule has 0 fully saturated rings. The summed E-state index contributed by atoms with van der Waals surface area (Å²) in [4.78, 5) is 1.32. The van der Waals surface area contributed by atoms with E-state index >= 15 is 0 Å².